The fourth-order valence-electron chi connectivity index (χ4n) is 7.21. The van der Waals surface area contributed by atoms with Crippen LogP contribution in [0.1, 0.15) is 68.6 Å². The summed E-state index contributed by atoms with van der Waals surface area (Å²) < 4.78 is 6.15. The van der Waals surface area contributed by atoms with Crippen LogP contribution in [0, 0.1) is 17.3 Å². The van der Waals surface area contributed by atoms with Gasteiger partial charge in [-0.1, -0.05) is 43.3 Å². The predicted octanol–water partition coefficient (Wildman–Crippen LogP) is 5.51. The maximum Gasteiger partial charge on any atom is 0.317 e. The molecule has 5 heteroatoms. The second-order valence-electron chi connectivity index (χ2n) is 11.0. The molecule has 2 aromatic carbocycles. The average molecular weight is 477 g/mol. The molecule has 3 aliphatic carbocycles. The largest absolute Gasteiger partial charge is 0.492 e. The lowest BCUT2D eigenvalue weighted by atomic mass is 9.55. The van der Waals surface area contributed by atoms with Gasteiger partial charge in [-0.3, -0.25) is 0 Å². The summed E-state index contributed by atoms with van der Waals surface area (Å²) in [5, 5.41) is 13.5. The van der Waals surface area contributed by atoms with Crippen LogP contribution in [0.3, 0.4) is 0 Å². The number of carbonyl (C=O) groups is 1. The quantitative estimate of drug-likeness (QED) is 0.554. The van der Waals surface area contributed by atoms with Crippen LogP contribution in [0.25, 0.3) is 0 Å². The molecular weight excluding hydrogens is 436 g/mol. The summed E-state index contributed by atoms with van der Waals surface area (Å²) in [6, 6.07) is 16.7. The molecule has 5 nitrogen and oxygen atoms in total. The number of carbonyl (C=O) groups excluding carboxylic acids is 1. The molecule has 35 heavy (non-hydrogen) atoms. The van der Waals surface area contributed by atoms with Gasteiger partial charge >= 0.3 is 6.03 Å². The van der Waals surface area contributed by atoms with Crippen LogP contribution >= 0.6 is 0 Å². The topological polar surface area (TPSA) is 61.8 Å². The maximum absolute atomic E-state index is 12.6. The lowest BCUT2D eigenvalue weighted by Crippen LogP contribution is -2.43. The molecule has 2 amide bonds. The van der Waals surface area contributed by atoms with E-state index in [4.69, 9.17) is 4.74 Å². The highest BCUT2D eigenvalue weighted by Crippen LogP contribution is 2.60. The maximum atomic E-state index is 12.6. The monoisotopic (exact) mass is 476 g/mol. The molecule has 0 aromatic heterocycles. The van der Waals surface area contributed by atoms with Gasteiger partial charge in [0.15, 0.2) is 0 Å². The van der Waals surface area contributed by atoms with Crippen molar-refractivity contribution in [1.82, 2.24) is 10.2 Å². The Morgan fingerprint density at radius 1 is 1.14 bits per heavy atom. The zero-order valence-electron chi connectivity index (χ0n) is 21.2. The van der Waals surface area contributed by atoms with E-state index in [1.807, 2.05) is 42.2 Å². The smallest absolute Gasteiger partial charge is 0.317 e. The highest BCUT2D eigenvalue weighted by Gasteiger charge is 2.54. The number of aliphatic hydroxyl groups excluding tert-OH is 1. The SMILES string of the molecule is CCNC(=O)N(CCOc1ccc2c(c1)CCC1C2CCC2(C)C(O)CCC12)Cc1ccccc1. The molecule has 3 aliphatic rings. The number of amides is 2. The van der Waals surface area contributed by atoms with Crippen LogP contribution in [0.2, 0.25) is 0 Å². The second kappa shape index (κ2) is 10.2. The van der Waals surface area contributed by atoms with Gasteiger partial charge in [0.1, 0.15) is 12.4 Å². The molecule has 188 valence electrons. The first-order valence-corrected chi connectivity index (χ1v) is 13.5. The number of hydrogen-bond donors (Lipinski definition) is 2. The first-order chi connectivity index (χ1) is 17.0. The number of aliphatic hydroxyl groups is 1. The van der Waals surface area contributed by atoms with Gasteiger partial charge in [-0.2, -0.15) is 0 Å². The van der Waals surface area contributed by atoms with E-state index in [2.05, 4.69) is 30.4 Å². The molecule has 5 unspecified atom stereocenters. The Morgan fingerprint density at radius 3 is 2.77 bits per heavy atom. The molecule has 0 bridgehead atoms. The predicted molar refractivity (Wildman–Crippen MR) is 138 cm³/mol. The average Bonchev–Trinajstić information content (AvgIpc) is 3.18. The van der Waals surface area contributed by atoms with Gasteiger partial charge in [0.25, 0.3) is 0 Å². The molecule has 5 atom stereocenters. The highest BCUT2D eigenvalue weighted by atomic mass is 16.5. The van der Waals surface area contributed by atoms with E-state index in [0.29, 0.717) is 44.0 Å². The fraction of sp³-hybridized carbons (Fsp3) is 0.567. The molecule has 0 spiro atoms. The van der Waals surface area contributed by atoms with Crippen molar-refractivity contribution < 1.29 is 14.6 Å². The van der Waals surface area contributed by atoms with Gasteiger partial charge < -0.3 is 20.1 Å². The molecular formula is C30H40N2O3. The van der Waals surface area contributed by atoms with Gasteiger partial charge in [-0.05, 0) is 97.4 Å². The number of nitrogens with zero attached hydrogens (tertiary/aromatic N) is 1. The van der Waals surface area contributed by atoms with Gasteiger partial charge in [0.05, 0.1) is 12.6 Å². The Kier molecular flexibility index (Phi) is 7.06. The van der Waals surface area contributed by atoms with Crippen LogP contribution in [-0.2, 0) is 13.0 Å². The Bertz CT molecular complexity index is 1030. The Hall–Kier alpha value is -2.53. The first-order valence-electron chi connectivity index (χ1n) is 13.5. The molecule has 0 aliphatic heterocycles. The summed E-state index contributed by atoms with van der Waals surface area (Å²) in [4.78, 5) is 14.4. The zero-order valence-corrected chi connectivity index (χ0v) is 21.2. The van der Waals surface area contributed by atoms with Gasteiger partial charge in [-0.25, -0.2) is 4.79 Å². The number of ether oxygens (including phenoxy) is 1. The molecule has 2 fully saturated rings. The number of aryl methyl sites for hydroxylation is 1. The van der Waals surface area contributed by atoms with E-state index in [9.17, 15) is 9.90 Å². The number of rotatable bonds is 7. The van der Waals surface area contributed by atoms with E-state index in [0.717, 1.165) is 30.6 Å². The number of hydrogen-bond acceptors (Lipinski definition) is 3. The molecule has 2 N–H and O–H groups in total. The summed E-state index contributed by atoms with van der Waals surface area (Å²) in [6.07, 6.45) is 6.66. The minimum absolute atomic E-state index is 0.0576. The van der Waals surface area contributed by atoms with Gasteiger partial charge in [0.2, 0.25) is 0 Å². The van der Waals surface area contributed by atoms with E-state index in [-0.39, 0.29) is 17.6 Å². The summed E-state index contributed by atoms with van der Waals surface area (Å²) in [5.74, 6) is 2.88. The summed E-state index contributed by atoms with van der Waals surface area (Å²) in [6.45, 7) is 6.45. The van der Waals surface area contributed by atoms with Crippen molar-refractivity contribution in [2.24, 2.45) is 17.3 Å². The summed E-state index contributed by atoms with van der Waals surface area (Å²) in [5.41, 5.74) is 4.17. The molecule has 5 rings (SSSR count). The van der Waals surface area contributed by atoms with Crippen LogP contribution in [0.5, 0.6) is 5.75 Å². The number of urea groups is 1. The molecule has 2 aromatic rings. The van der Waals surface area contributed by atoms with E-state index in [1.54, 1.807) is 0 Å². The van der Waals surface area contributed by atoms with E-state index < -0.39 is 0 Å². The summed E-state index contributed by atoms with van der Waals surface area (Å²) in [7, 11) is 0. The van der Waals surface area contributed by atoms with Crippen molar-refractivity contribution in [2.45, 2.75) is 70.9 Å². The third kappa shape index (κ3) is 4.80. The lowest BCUT2D eigenvalue weighted by Gasteiger charge is -2.50. The number of nitrogens with one attached hydrogen (secondary N) is 1. The summed E-state index contributed by atoms with van der Waals surface area (Å²) >= 11 is 0. The minimum Gasteiger partial charge on any atom is -0.492 e. The standard InChI is InChI=1S/C30H40N2O3/c1-3-31-29(34)32(20-21-7-5-4-6-8-21)17-18-35-23-10-12-24-22(19-23)9-11-26-25(24)15-16-30(2)27(26)13-14-28(30)33/h4-8,10,12,19,25-28,33H,3,9,11,13-18,20H2,1-2H3,(H,31,34). The minimum atomic E-state index is -0.119. The van der Waals surface area contributed by atoms with Gasteiger partial charge in [0, 0.05) is 13.1 Å². The third-order valence-electron chi connectivity index (χ3n) is 9.11. The van der Waals surface area contributed by atoms with Gasteiger partial charge in [-0.15, -0.1) is 0 Å². The highest BCUT2D eigenvalue weighted by molar-refractivity contribution is 5.74. The second-order valence-corrected chi connectivity index (χ2v) is 11.0. The van der Waals surface area contributed by atoms with Crippen molar-refractivity contribution >= 4 is 6.03 Å². The van der Waals surface area contributed by atoms with Crippen molar-refractivity contribution in [3.05, 3.63) is 65.2 Å². The number of fused-ring (bicyclic) bond motifs is 5. The van der Waals surface area contributed by atoms with Crippen LogP contribution in [-0.4, -0.2) is 41.8 Å². The molecule has 0 saturated heterocycles. The fourth-order valence-corrected chi connectivity index (χ4v) is 7.21. The third-order valence-corrected chi connectivity index (χ3v) is 9.11. The van der Waals surface area contributed by atoms with Crippen molar-refractivity contribution in [3.8, 4) is 5.75 Å². The van der Waals surface area contributed by atoms with Crippen molar-refractivity contribution in [3.63, 3.8) is 0 Å². The number of benzene rings is 2. The molecule has 2 saturated carbocycles. The zero-order chi connectivity index (χ0) is 24.4. The Morgan fingerprint density at radius 2 is 1.97 bits per heavy atom. The Balaban J connectivity index is 1.22. The molecule has 0 radical (unpaired) electrons. The molecule has 0 heterocycles. The lowest BCUT2D eigenvalue weighted by molar-refractivity contribution is -0.0226. The van der Waals surface area contributed by atoms with Crippen LogP contribution in [0.15, 0.2) is 48.5 Å². The van der Waals surface area contributed by atoms with Crippen molar-refractivity contribution in [1.29, 1.82) is 0 Å². The van der Waals surface area contributed by atoms with Crippen LogP contribution < -0.4 is 10.1 Å². The van der Waals surface area contributed by atoms with E-state index >= 15 is 0 Å². The normalized spacial score (nSPS) is 29.0. The van der Waals surface area contributed by atoms with Crippen LogP contribution in [0.4, 0.5) is 4.79 Å². The first kappa shape index (κ1) is 24.2. The van der Waals surface area contributed by atoms with Crippen molar-refractivity contribution in [2.75, 3.05) is 19.7 Å². The Labute approximate surface area is 209 Å². The van der Waals surface area contributed by atoms with E-state index in [1.165, 1.54) is 30.4 Å².